The standard InChI is InChI=1S/C38H36N4O6/c43-31-13-5-3-11-25(31)23-39-19-7-1-9-21-41-35(45)27-15-17-29-34-30(18-16-28(33(27)34)36(41)46)38(48)42(37(29)47)22-10-2-8-20-40-24-26-12-4-6-14-32(26)44/h3-6,11-18,23-24,43-44H,1-2,7-10,19-22H2. The quantitative estimate of drug-likeness (QED) is 0.0977. The smallest absolute Gasteiger partial charge is 0.261 e. The number of para-hydroxylation sites is 2. The molecule has 2 aliphatic rings. The zero-order valence-electron chi connectivity index (χ0n) is 26.5. The summed E-state index contributed by atoms with van der Waals surface area (Å²) in [5.74, 6) is -1.37. The van der Waals surface area contributed by atoms with E-state index in [9.17, 15) is 29.4 Å². The van der Waals surface area contributed by atoms with E-state index in [0.29, 0.717) is 70.1 Å². The number of phenols is 2. The Morgan fingerprint density at radius 3 is 1.19 bits per heavy atom. The maximum atomic E-state index is 13.5. The minimum absolute atomic E-state index is 0.173. The molecule has 48 heavy (non-hydrogen) atoms. The van der Waals surface area contributed by atoms with E-state index < -0.39 is 23.6 Å². The van der Waals surface area contributed by atoms with Gasteiger partial charge in [0.2, 0.25) is 0 Å². The van der Waals surface area contributed by atoms with Gasteiger partial charge in [-0.3, -0.25) is 39.0 Å². The molecule has 10 heteroatoms. The maximum absolute atomic E-state index is 13.5. The second-order valence-electron chi connectivity index (χ2n) is 11.9. The van der Waals surface area contributed by atoms with E-state index in [1.54, 1.807) is 73.1 Å². The van der Waals surface area contributed by atoms with E-state index >= 15 is 0 Å². The van der Waals surface area contributed by atoms with Crippen molar-refractivity contribution in [2.24, 2.45) is 9.98 Å². The third-order valence-corrected chi connectivity index (χ3v) is 8.74. The van der Waals surface area contributed by atoms with Gasteiger partial charge in [0.05, 0.1) is 0 Å². The lowest BCUT2D eigenvalue weighted by Gasteiger charge is -2.32. The number of benzene rings is 4. The molecule has 2 aliphatic heterocycles. The number of imide groups is 2. The van der Waals surface area contributed by atoms with Gasteiger partial charge in [0.1, 0.15) is 11.5 Å². The summed E-state index contributed by atoms with van der Waals surface area (Å²) in [4.78, 5) is 65.3. The maximum Gasteiger partial charge on any atom is 0.261 e. The van der Waals surface area contributed by atoms with Gasteiger partial charge in [-0.15, -0.1) is 0 Å². The van der Waals surface area contributed by atoms with E-state index in [0.717, 1.165) is 25.7 Å². The van der Waals surface area contributed by atoms with Crippen molar-refractivity contribution in [1.29, 1.82) is 0 Å². The average Bonchev–Trinajstić information content (AvgIpc) is 3.09. The fraction of sp³-hybridized carbons (Fsp3) is 0.263. The van der Waals surface area contributed by atoms with Gasteiger partial charge in [-0.25, -0.2) is 0 Å². The Hall–Kier alpha value is -5.64. The van der Waals surface area contributed by atoms with E-state index in [-0.39, 0.29) is 24.6 Å². The van der Waals surface area contributed by atoms with Crippen molar-refractivity contribution in [3.8, 4) is 11.5 Å². The van der Waals surface area contributed by atoms with Crippen molar-refractivity contribution in [3.05, 3.63) is 106 Å². The summed E-state index contributed by atoms with van der Waals surface area (Å²) in [6.45, 7) is 1.60. The van der Waals surface area contributed by atoms with Gasteiger partial charge >= 0.3 is 0 Å². The van der Waals surface area contributed by atoms with Crippen LogP contribution in [0.3, 0.4) is 0 Å². The molecule has 0 atom stereocenters. The first-order valence-corrected chi connectivity index (χ1v) is 16.2. The molecular formula is C38H36N4O6. The largest absolute Gasteiger partial charge is 0.507 e. The highest BCUT2D eigenvalue weighted by atomic mass is 16.3. The molecule has 0 aromatic heterocycles. The molecule has 10 nitrogen and oxygen atoms in total. The highest BCUT2D eigenvalue weighted by Gasteiger charge is 2.39. The highest BCUT2D eigenvalue weighted by Crippen LogP contribution is 2.38. The molecule has 4 amide bonds. The van der Waals surface area contributed by atoms with Crippen LogP contribution < -0.4 is 0 Å². The van der Waals surface area contributed by atoms with E-state index in [1.165, 1.54) is 9.80 Å². The van der Waals surface area contributed by atoms with Crippen molar-refractivity contribution in [2.45, 2.75) is 38.5 Å². The molecule has 0 bridgehead atoms. The summed E-state index contributed by atoms with van der Waals surface area (Å²) >= 11 is 0. The number of unbranched alkanes of at least 4 members (excludes halogenated alkanes) is 4. The predicted molar refractivity (Wildman–Crippen MR) is 184 cm³/mol. The molecule has 4 aromatic rings. The summed E-state index contributed by atoms with van der Waals surface area (Å²) in [5.41, 5.74) is 2.56. The zero-order valence-corrected chi connectivity index (χ0v) is 26.5. The lowest BCUT2D eigenvalue weighted by molar-refractivity contribution is 0.0586. The van der Waals surface area contributed by atoms with Gasteiger partial charge in [0, 0.05) is 82.8 Å². The van der Waals surface area contributed by atoms with E-state index in [4.69, 9.17) is 0 Å². The lowest BCUT2D eigenvalue weighted by atomic mass is 9.86. The predicted octanol–water partition coefficient (Wildman–Crippen LogP) is 6.02. The number of aromatic hydroxyl groups is 2. The number of carbonyl (C=O) groups excluding carboxylic acids is 4. The Kier molecular flexibility index (Phi) is 9.70. The molecule has 4 aromatic carbocycles. The molecule has 0 fully saturated rings. The number of amides is 4. The van der Waals surface area contributed by atoms with E-state index in [2.05, 4.69) is 9.98 Å². The minimum atomic E-state index is -0.429. The summed E-state index contributed by atoms with van der Waals surface area (Å²) in [6, 6.07) is 20.3. The second-order valence-corrected chi connectivity index (χ2v) is 11.9. The van der Waals surface area contributed by atoms with Gasteiger partial charge in [0.15, 0.2) is 0 Å². The van der Waals surface area contributed by atoms with Crippen LogP contribution in [0.4, 0.5) is 0 Å². The number of phenolic OH excluding ortho intramolecular Hbond substituents is 2. The monoisotopic (exact) mass is 644 g/mol. The van der Waals surface area contributed by atoms with Gasteiger partial charge in [-0.05, 0) is 87.1 Å². The number of carbonyl (C=O) groups is 4. The van der Waals surface area contributed by atoms with Crippen LogP contribution in [0, 0.1) is 0 Å². The zero-order chi connectivity index (χ0) is 33.6. The van der Waals surface area contributed by atoms with E-state index in [1.807, 2.05) is 12.1 Å². The average molecular weight is 645 g/mol. The Bertz CT molecular complexity index is 1760. The van der Waals surface area contributed by atoms with Crippen LogP contribution in [0.1, 0.15) is 91.1 Å². The first-order valence-electron chi connectivity index (χ1n) is 16.2. The van der Waals surface area contributed by atoms with Crippen LogP contribution in [-0.2, 0) is 0 Å². The van der Waals surface area contributed by atoms with Crippen LogP contribution >= 0.6 is 0 Å². The Morgan fingerprint density at radius 2 is 0.833 bits per heavy atom. The number of nitrogens with zero attached hydrogens (tertiary/aromatic N) is 4. The van der Waals surface area contributed by atoms with Gasteiger partial charge < -0.3 is 10.2 Å². The third kappa shape index (κ3) is 6.46. The first-order chi connectivity index (χ1) is 23.4. The van der Waals surface area contributed by atoms with Crippen LogP contribution in [-0.4, -0.2) is 82.2 Å². The van der Waals surface area contributed by atoms with Crippen molar-refractivity contribution in [3.63, 3.8) is 0 Å². The molecule has 0 radical (unpaired) electrons. The van der Waals surface area contributed by atoms with Gasteiger partial charge in [0.25, 0.3) is 23.6 Å². The van der Waals surface area contributed by atoms with Crippen LogP contribution in [0.5, 0.6) is 11.5 Å². The highest BCUT2D eigenvalue weighted by molar-refractivity contribution is 6.33. The molecular weight excluding hydrogens is 608 g/mol. The van der Waals surface area contributed by atoms with Crippen LogP contribution in [0.25, 0.3) is 10.8 Å². The van der Waals surface area contributed by atoms with Crippen molar-refractivity contribution >= 4 is 46.8 Å². The van der Waals surface area contributed by atoms with Crippen LogP contribution in [0.2, 0.25) is 0 Å². The van der Waals surface area contributed by atoms with Gasteiger partial charge in [-0.2, -0.15) is 0 Å². The molecule has 0 saturated carbocycles. The second kappa shape index (κ2) is 14.4. The Balaban J connectivity index is 1.05. The Labute approximate surface area is 278 Å². The minimum Gasteiger partial charge on any atom is -0.507 e. The SMILES string of the molecule is O=C1c2ccc3c4c(ccc(c24)C(=O)N1CCCCCN=Cc1ccccc1O)C(=O)N(CCCCCN=Cc1ccccc1O)C3=O. The fourth-order valence-electron chi connectivity index (χ4n) is 6.20. The third-order valence-electron chi connectivity index (χ3n) is 8.74. The van der Waals surface area contributed by atoms with Crippen molar-refractivity contribution in [2.75, 3.05) is 26.2 Å². The number of aliphatic imine (C=N–C) groups is 2. The van der Waals surface area contributed by atoms with Crippen molar-refractivity contribution in [1.82, 2.24) is 9.80 Å². The molecule has 2 heterocycles. The topological polar surface area (TPSA) is 140 Å². The van der Waals surface area contributed by atoms with Gasteiger partial charge in [-0.1, -0.05) is 24.3 Å². The number of hydrogen-bond donors (Lipinski definition) is 2. The summed E-state index contributed by atoms with van der Waals surface area (Å²) in [7, 11) is 0. The summed E-state index contributed by atoms with van der Waals surface area (Å²) in [5, 5.41) is 20.4. The summed E-state index contributed by atoms with van der Waals surface area (Å²) < 4.78 is 0. The fourth-order valence-corrected chi connectivity index (χ4v) is 6.20. The molecule has 6 rings (SSSR count). The van der Waals surface area contributed by atoms with Crippen molar-refractivity contribution < 1.29 is 29.4 Å². The Morgan fingerprint density at radius 1 is 0.479 bits per heavy atom. The lowest BCUT2D eigenvalue weighted by Crippen LogP contribution is -2.43. The molecule has 2 N–H and O–H groups in total. The molecule has 0 unspecified atom stereocenters. The normalized spacial score (nSPS) is 14.3. The number of rotatable bonds is 14. The molecule has 0 spiro atoms. The first kappa shape index (κ1) is 32.3. The molecule has 0 aliphatic carbocycles. The van der Waals surface area contributed by atoms with Crippen LogP contribution in [0.15, 0.2) is 82.8 Å². The summed E-state index contributed by atoms with van der Waals surface area (Å²) in [6.07, 6.45) is 7.49. The number of hydrogen-bond acceptors (Lipinski definition) is 8. The molecule has 244 valence electrons. The molecule has 0 saturated heterocycles.